The number of carbonyl (C=O) groups excluding carboxylic acids is 2. The zero-order chi connectivity index (χ0) is 21.0. The number of nitrogens with zero attached hydrogens (tertiary/aromatic N) is 1. The number of amides is 1. The largest absolute Gasteiger partial charge is 0.548 e. The van der Waals surface area contributed by atoms with Gasteiger partial charge in [0.1, 0.15) is 10.9 Å². The molecule has 1 heterocycles. The molecule has 1 amide bonds. The van der Waals surface area contributed by atoms with Gasteiger partial charge in [0.15, 0.2) is 11.5 Å². The van der Waals surface area contributed by atoms with Crippen molar-refractivity contribution >= 4 is 62.2 Å². The molecule has 150 valence electrons. The van der Waals surface area contributed by atoms with Gasteiger partial charge in [0.05, 0.1) is 24.5 Å². The Labute approximate surface area is 185 Å². The van der Waals surface area contributed by atoms with Crippen LogP contribution >= 0.6 is 39.9 Å². The molecule has 9 heteroatoms. The Morgan fingerprint density at radius 2 is 1.97 bits per heavy atom. The van der Waals surface area contributed by atoms with Crippen molar-refractivity contribution < 1.29 is 24.2 Å². The van der Waals surface area contributed by atoms with Crippen LogP contribution in [-0.4, -0.2) is 34.8 Å². The molecule has 2 aromatic carbocycles. The van der Waals surface area contributed by atoms with Gasteiger partial charge in [0.25, 0.3) is 5.91 Å². The second-order valence-electron chi connectivity index (χ2n) is 5.97. The lowest BCUT2D eigenvalue weighted by molar-refractivity contribution is -0.305. The molecule has 0 unspecified atom stereocenters. The molecule has 0 aliphatic carbocycles. The highest BCUT2D eigenvalue weighted by molar-refractivity contribution is 9.10. The number of ether oxygens (including phenoxy) is 2. The summed E-state index contributed by atoms with van der Waals surface area (Å²) in [6.45, 7) is -0.182. The van der Waals surface area contributed by atoms with Crippen LogP contribution < -0.4 is 14.6 Å². The standard InChI is InChI=1S/C20H16BrNO5S2/c1-26-16-8-13(9-17-19(25)22(10-18(23)24)20(28)29-17)4-7-15(16)27-11-12-2-5-14(21)6-3-12/h2-9H,10-11H2,1H3,(H,23,24)/p-1/b17-9-. The number of aliphatic carboxylic acids is 1. The van der Waals surface area contributed by atoms with Crippen LogP contribution in [0.2, 0.25) is 0 Å². The third-order valence-electron chi connectivity index (χ3n) is 3.95. The molecular formula is C20H15BrNO5S2-. The SMILES string of the molecule is COc1cc(/C=C2\SC(=S)N(CC(=O)[O-])C2=O)ccc1OCc1ccc(Br)cc1. The predicted molar refractivity (Wildman–Crippen MR) is 116 cm³/mol. The predicted octanol–water partition coefficient (Wildman–Crippen LogP) is 2.99. The average molecular weight is 493 g/mol. The number of carboxylic acid groups (broad SMARTS) is 1. The minimum atomic E-state index is -1.36. The number of hydrogen-bond donors (Lipinski definition) is 0. The number of carbonyl (C=O) groups is 2. The molecule has 0 aromatic heterocycles. The maximum atomic E-state index is 12.4. The first-order valence-electron chi connectivity index (χ1n) is 8.38. The summed E-state index contributed by atoms with van der Waals surface area (Å²) in [7, 11) is 1.53. The topological polar surface area (TPSA) is 78.9 Å². The lowest BCUT2D eigenvalue weighted by Gasteiger charge is -2.14. The molecule has 3 rings (SSSR count). The third kappa shape index (κ3) is 5.37. The number of thioether (sulfide) groups is 1. The van der Waals surface area contributed by atoms with Crippen molar-refractivity contribution in [3.8, 4) is 11.5 Å². The Bertz CT molecular complexity index is 991. The van der Waals surface area contributed by atoms with E-state index in [1.807, 2.05) is 24.3 Å². The highest BCUT2D eigenvalue weighted by Gasteiger charge is 2.31. The summed E-state index contributed by atoms with van der Waals surface area (Å²) in [4.78, 5) is 24.5. The molecule has 1 aliphatic heterocycles. The van der Waals surface area contributed by atoms with E-state index in [4.69, 9.17) is 21.7 Å². The number of methoxy groups -OCH3 is 1. The van der Waals surface area contributed by atoms with Crippen LogP contribution in [0.1, 0.15) is 11.1 Å². The number of halogens is 1. The van der Waals surface area contributed by atoms with Crippen LogP contribution in [0, 0.1) is 0 Å². The Kier molecular flexibility index (Phi) is 6.94. The van der Waals surface area contributed by atoms with E-state index in [0.717, 1.165) is 26.7 Å². The first-order valence-corrected chi connectivity index (χ1v) is 10.4. The first kappa shape index (κ1) is 21.4. The minimum Gasteiger partial charge on any atom is -0.548 e. The van der Waals surface area contributed by atoms with Gasteiger partial charge in [-0.05, 0) is 41.5 Å². The van der Waals surface area contributed by atoms with Crippen LogP contribution in [0.15, 0.2) is 51.8 Å². The van der Waals surface area contributed by atoms with Gasteiger partial charge in [-0.3, -0.25) is 9.69 Å². The molecule has 1 saturated heterocycles. The maximum Gasteiger partial charge on any atom is 0.266 e. The van der Waals surface area contributed by atoms with Gasteiger partial charge in [-0.25, -0.2) is 0 Å². The molecular weight excluding hydrogens is 478 g/mol. The Hall–Kier alpha value is -2.36. The molecule has 1 fully saturated rings. The molecule has 0 bridgehead atoms. The average Bonchev–Trinajstić information content (AvgIpc) is 2.95. The van der Waals surface area contributed by atoms with Gasteiger partial charge in [-0.2, -0.15) is 0 Å². The smallest absolute Gasteiger partial charge is 0.266 e. The van der Waals surface area contributed by atoms with Crippen molar-refractivity contribution in [1.82, 2.24) is 4.90 Å². The molecule has 0 saturated carbocycles. The molecule has 29 heavy (non-hydrogen) atoms. The summed E-state index contributed by atoms with van der Waals surface area (Å²) in [5.74, 6) is -0.742. The Morgan fingerprint density at radius 3 is 2.62 bits per heavy atom. The van der Waals surface area contributed by atoms with Crippen LogP contribution in [-0.2, 0) is 16.2 Å². The van der Waals surface area contributed by atoms with E-state index in [-0.39, 0.29) is 4.32 Å². The Morgan fingerprint density at radius 1 is 1.24 bits per heavy atom. The fourth-order valence-corrected chi connectivity index (χ4v) is 4.07. The number of rotatable bonds is 7. The molecule has 0 N–H and O–H groups in total. The first-order chi connectivity index (χ1) is 13.9. The number of hydrogen-bond acceptors (Lipinski definition) is 7. The summed E-state index contributed by atoms with van der Waals surface area (Å²) in [5.41, 5.74) is 1.71. The van der Waals surface area contributed by atoms with Crippen molar-refractivity contribution in [3.63, 3.8) is 0 Å². The van der Waals surface area contributed by atoms with Gasteiger partial charge in [0.2, 0.25) is 0 Å². The number of thiocarbonyl (C=S) groups is 1. The lowest BCUT2D eigenvalue weighted by atomic mass is 10.1. The minimum absolute atomic E-state index is 0.187. The van der Waals surface area contributed by atoms with Crippen molar-refractivity contribution in [2.75, 3.05) is 13.7 Å². The van der Waals surface area contributed by atoms with Crippen LogP contribution in [0.4, 0.5) is 0 Å². The zero-order valence-corrected chi connectivity index (χ0v) is 18.4. The molecule has 0 radical (unpaired) electrons. The van der Waals surface area contributed by atoms with Crippen molar-refractivity contribution in [2.45, 2.75) is 6.61 Å². The van der Waals surface area contributed by atoms with Crippen LogP contribution in [0.3, 0.4) is 0 Å². The summed E-state index contributed by atoms with van der Waals surface area (Å²) in [6, 6.07) is 13.1. The number of benzene rings is 2. The highest BCUT2D eigenvalue weighted by atomic mass is 79.9. The molecule has 0 atom stereocenters. The Balaban J connectivity index is 1.75. The van der Waals surface area contributed by atoms with E-state index in [1.165, 1.54) is 7.11 Å². The normalized spacial score (nSPS) is 15.1. The van der Waals surface area contributed by atoms with Crippen LogP contribution in [0.25, 0.3) is 6.08 Å². The fourth-order valence-electron chi connectivity index (χ4n) is 2.55. The van der Waals surface area contributed by atoms with E-state index in [2.05, 4.69) is 15.9 Å². The van der Waals surface area contributed by atoms with E-state index in [0.29, 0.717) is 28.6 Å². The van der Waals surface area contributed by atoms with Crippen molar-refractivity contribution in [2.24, 2.45) is 0 Å². The van der Waals surface area contributed by atoms with E-state index < -0.39 is 18.4 Å². The lowest BCUT2D eigenvalue weighted by Crippen LogP contribution is -2.40. The van der Waals surface area contributed by atoms with Crippen molar-refractivity contribution in [3.05, 3.63) is 63.0 Å². The van der Waals surface area contributed by atoms with Crippen LogP contribution in [0.5, 0.6) is 11.5 Å². The second-order valence-corrected chi connectivity index (χ2v) is 8.56. The summed E-state index contributed by atoms with van der Waals surface area (Å²) in [6.07, 6.45) is 1.63. The number of carboxylic acids is 1. The molecule has 1 aliphatic rings. The maximum absolute atomic E-state index is 12.4. The molecule has 0 spiro atoms. The van der Waals surface area contributed by atoms with E-state index in [1.54, 1.807) is 24.3 Å². The van der Waals surface area contributed by atoms with E-state index in [9.17, 15) is 14.7 Å². The summed E-state index contributed by atoms with van der Waals surface area (Å²) < 4.78 is 12.4. The fraction of sp³-hybridized carbons (Fsp3) is 0.150. The second kappa shape index (κ2) is 9.43. The van der Waals surface area contributed by atoms with Gasteiger partial charge in [-0.1, -0.05) is 58.1 Å². The molecule has 6 nitrogen and oxygen atoms in total. The monoisotopic (exact) mass is 492 g/mol. The quantitative estimate of drug-likeness (QED) is 0.434. The molecule has 2 aromatic rings. The van der Waals surface area contributed by atoms with Gasteiger partial charge < -0.3 is 19.4 Å². The highest BCUT2D eigenvalue weighted by Crippen LogP contribution is 2.34. The van der Waals surface area contributed by atoms with Gasteiger partial charge in [0, 0.05) is 4.47 Å². The summed E-state index contributed by atoms with van der Waals surface area (Å²) >= 11 is 9.52. The third-order valence-corrected chi connectivity index (χ3v) is 5.86. The zero-order valence-electron chi connectivity index (χ0n) is 15.2. The van der Waals surface area contributed by atoms with Crippen molar-refractivity contribution in [1.29, 1.82) is 0 Å². The summed E-state index contributed by atoms with van der Waals surface area (Å²) in [5, 5.41) is 10.8. The van der Waals surface area contributed by atoms with E-state index >= 15 is 0 Å². The van der Waals surface area contributed by atoms with Gasteiger partial charge >= 0.3 is 0 Å². The van der Waals surface area contributed by atoms with Gasteiger partial charge in [-0.15, -0.1) is 0 Å².